The number of rotatable bonds is 42. The van der Waals surface area contributed by atoms with Gasteiger partial charge in [-0.1, -0.05) is 160 Å². The van der Waals surface area contributed by atoms with Gasteiger partial charge in [-0.3, -0.25) is 18.9 Å². The molecule has 0 radical (unpaired) electrons. The van der Waals surface area contributed by atoms with Crippen LogP contribution in [0, 0.1) is 0 Å². The van der Waals surface area contributed by atoms with Crippen LogP contribution in [-0.4, -0.2) is 107 Å². The van der Waals surface area contributed by atoms with Crippen molar-refractivity contribution in [1.29, 1.82) is 0 Å². The van der Waals surface area contributed by atoms with E-state index in [9.17, 15) is 0 Å². The Hall–Kier alpha value is 0.220. The van der Waals surface area contributed by atoms with Crippen molar-refractivity contribution in [3.63, 3.8) is 0 Å². The van der Waals surface area contributed by atoms with Gasteiger partial charge in [0.2, 0.25) is 8.37 Å². The van der Waals surface area contributed by atoms with Crippen molar-refractivity contribution in [2.24, 2.45) is 0 Å². The maximum absolute atomic E-state index is 6.75. The van der Waals surface area contributed by atoms with Crippen molar-refractivity contribution in [2.45, 2.75) is 237 Å². The molecule has 0 bridgehead atoms. The fourth-order valence-electron chi connectivity index (χ4n) is 7.08. The van der Waals surface area contributed by atoms with E-state index >= 15 is 0 Å². The lowest BCUT2D eigenvalue weighted by Crippen LogP contribution is -2.40. The summed E-state index contributed by atoms with van der Waals surface area (Å²) in [5.74, 6) is 0. The van der Waals surface area contributed by atoms with Gasteiger partial charge in [0.05, 0.1) is 0 Å². The summed E-state index contributed by atoms with van der Waals surface area (Å²) in [5, 5.41) is 0. The number of hydrogen-bond acceptors (Lipinski definition) is 6. The highest BCUT2D eigenvalue weighted by atomic mass is 35.5. The monoisotopic (exact) mass is 910 g/mol. The zero-order valence-electron chi connectivity index (χ0n) is 42.8. The maximum Gasteiger partial charge on any atom is 0.213 e. The molecule has 0 spiro atoms. The molecule has 0 aliphatic heterocycles. The third kappa shape index (κ3) is 36.5. The number of halogens is 1. The molecule has 0 fully saturated rings. The van der Waals surface area contributed by atoms with Gasteiger partial charge in [0, 0.05) is 78.5 Å². The first-order valence-electron chi connectivity index (χ1n) is 26.0. The van der Waals surface area contributed by atoms with Crippen LogP contribution in [0.5, 0.6) is 0 Å². The highest BCUT2D eigenvalue weighted by Gasteiger charge is 2.38. The minimum atomic E-state index is -0.794. The minimum absolute atomic E-state index is 0. The highest BCUT2D eigenvalue weighted by molar-refractivity contribution is 7.50. The minimum Gasteiger partial charge on any atom is -0.373 e. The second-order valence-corrected chi connectivity index (χ2v) is 21.5. The standard InChI is InChI=1S/2C24H54N3P.ClH.N3/c2*1-7-13-19-25(20-14-8-2)28(26(21-15-9-3)22-16-10-4)27(23-17-11-5)24-18-12-6;;1-3-2/h2*7-24H2,1-6H3;1H;/q;;;-1/p+1. The quantitative estimate of drug-likeness (QED) is 0.0263. The Labute approximate surface area is 387 Å². The van der Waals surface area contributed by atoms with E-state index in [0.717, 1.165) is 0 Å². The molecule has 12 heteroatoms. The first kappa shape index (κ1) is 66.8. The fourth-order valence-corrected chi connectivity index (χ4v) is 13.4. The molecule has 0 aliphatic rings. The van der Waals surface area contributed by atoms with Gasteiger partial charge in [-0.25, -0.2) is 0 Å². The first-order valence-corrected chi connectivity index (χ1v) is 28.5. The largest absolute Gasteiger partial charge is 0.373 e. The van der Waals surface area contributed by atoms with Crippen molar-refractivity contribution in [3.8, 4) is 0 Å². The Balaban J connectivity index is -0.000000482. The molecular formula is C48H110ClN9P2. The second kappa shape index (κ2) is 53.6. The summed E-state index contributed by atoms with van der Waals surface area (Å²) < 4.78 is 17.6. The van der Waals surface area contributed by atoms with Gasteiger partial charge >= 0.3 is 0 Å². The van der Waals surface area contributed by atoms with Crippen LogP contribution in [0.3, 0.4) is 0 Å². The molecule has 0 amide bonds. The van der Waals surface area contributed by atoms with Gasteiger partial charge in [0.1, 0.15) is 8.37 Å². The average molecular weight is 911 g/mol. The lowest BCUT2D eigenvalue weighted by Gasteiger charge is -2.45. The van der Waals surface area contributed by atoms with Crippen LogP contribution in [-0.2, 0) is 0 Å². The molecule has 0 aromatic carbocycles. The molecule has 9 nitrogen and oxygen atoms in total. The molecule has 0 aliphatic carbocycles. The van der Waals surface area contributed by atoms with Crippen LogP contribution in [0.2, 0.25) is 0 Å². The Morgan fingerprint density at radius 3 is 0.567 bits per heavy atom. The summed E-state index contributed by atoms with van der Waals surface area (Å²) >= 11 is 0. The van der Waals surface area contributed by atoms with Gasteiger partial charge in [-0.05, 0) is 77.0 Å². The van der Waals surface area contributed by atoms with E-state index in [2.05, 4.69) is 111 Å². The third-order valence-electron chi connectivity index (χ3n) is 10.9. The molecule has 0 heterocycles. The van der Waals surface area contributed by atoms with Gasteiger partial charge < -0.3 is 11.1 Å². The number of nitrogens with zero attached hydrogens (tertiary/aromatic N) is 9. The summed E-state index contributed by atoms with van der Waals surface area (Å²) in [4.78, 5) is 1.50. The SMILES string of the molecule is CCCCN(CCCC)P(N(CCCC)CCCC)N(CCCC)CCCC.CCCCN(CCCC)[PH+](N(CCCC)CCCC)N(CCCC)CCCC.Cl.[N-]=[N+]=[N-]. The molecule has 60 heavy (non-hydrogen) atoms. The smallest absolute Gasteiger partial charge is 0.213 e. The molecule has 0 aromatic rings. The Morgan fingerprint density at radius 1 is 0.300 bits per heavy atom. The molecule has 0 rings (SSSR count). The van der Waals surface area contributed by atoms with Crippen LogP contribution in [0.4, 0.5) is 0 Å². The summed E-state index contributed by atoms with van der Waals surface area (Å²) in [6, 6.07) is 0. The Morgan fingerprint density at radius 2 is 0.433 bits per heavy atom. The van der Waals surface area contributed by atoms with Crippen LogP contribution in [0.15, 0.2) is 0 Å². The van der Waals surface area contributed by atoms with E-state index < -0.39 is 8.37 Å². The molecule has 0 saturated heterocycles. The summed E-state index contributed by atoms with van der Waals surface area (Å²) in [6.07, 6.45) is 31.8. The zero-order chi connectivity index (χ0) is 44.8. The van der Waals surface area contributed by atoms with E-state index in [1.54, 1.807) is 0 Å². The summed E-state index contributed by atoms with van der Waals surface area (Å²) in [5.41, 5.74) is 13.5. The molecular weight excluding hydrogens is 800 g/mol. The van der Waals surface area contributed by atoms with E-state index in [0.29, 0.717) is 0 Å². The molecule has 0 saturated carbocycles. The van der Waals surface area contributed by atoms with Gasteiger partial charge in [-0.2, -0.15) is 14.0 Å². The molecule has 0 atom stereocenters. The van der Waals surface area contributed by atoms with E-state index in [4.69, 9.17) is 11.1 Å². The normalized spacial score (nSPS) is 11.5. The summed E-state index contributed by atoms with van der Waals surface area (Å²) in [7, 11) is -1.11. The zero-order valence-corrected chi connectivity index (χ0v) is 45.5. The molecule has 364 valence electrons. The lowest BCUT2D eigenvalue weighted by molar-refractivity contribution is 0.301. The Bertz CT molecular complexity index is 641. The first-order chi connectivity index (χ1) is 28.8. The molecule has 0 unspecified atom stereocenters. The van der Waals surface area contributed by atoms with Crippen molar-refractivity contribution in [1.82, 2.24) is 28.0 Å². The molecule has 0 N–H and O–H groups in total. The van der Waals surface area contributed by atoms with Crippen molar-refractivity contribution < 1.29 is 0 Å². The maximum atomic E-state index is 6.75. The lowest BCUT2D eigenvalue weighted by atomic mass is 10.3. The predicted molar refractivity (Wildman–Crippen MR) is 281 cm³/mol. The van der Waals surface area contributed by atoms with E-state index in [-0.39, 0.29) is 20.8 Å². The number of hydrogen-bond donors (Lipinski definition) is 0. The Kier molecular flexibility index (Phi) is 59.6. The van der Waals surface area contributed by atoms with Gasteiger partial charge in [0.25, 0.3) is 0 Å². The van der Waals surface area contributed by atoms with Crippen LogP contribution in [0.25, 0.3) is 16.0 Å². The second-order valence-electron chi connectivity index (χ2n) is 16.7. The van der Waals surface area contributed by atoms with Crippen molar-refractivity contribution in [2.75, 3.05) is 78.5 Å². The number of unbranched alkanes of at least 4 members (excludes halogenated alkanes) is 12. The van der Waals surface area contributed by atoms with Crippen LogP contribution in [0.1, 0.15) is 237 Å². The van der Waals surface area contributed by atoms with Gasteiger partial charge in [-0.15, -0.1) is 12.4 Å². The van der Waals surface area contributed by atoms with Gasteiger partial charge in [0.15, 0.2) is 0 Å². The highest BCUT2D eigenvalue weighted by Crippen LogP contribution is 2.50. The fraction of sp³-hybridized carbons (Fsp3) is 1.00. The van der Waals surface area contributed by atoms with E-state index in [1.807, 2.05) is 0 Å². The van der Waals surface area contributed by atoms with Crippen LogP contribution >= 0.6 is 29.2 Å². The third-order valence-corrected chi connectivity index (χ3v) is 16.7. The van der Waals surface area contributed by atoms with Crippen molar-refractivity contribution >= 4 is 29.2 Å². The summed E-state index contributed by atoms with van der Waals surface area (Å²) in [6.45, 7) is 43.7. The van der Waals surface area contributed by atoms with Crippen LogP contribution < -0.4 is 0 Å². The topological polar surface area (TPSA) is 78.1 Å². The van der Waals surface area contributed by atoms with Crippen molar-refractivity contribution in [3.05, 3.63) is 16.0 Å². The molecule has 0 aromatic heterocycles. The average Bonchev–Trinajstić information content (AvgIpc) is 3.25. The van der Waals surface area contributed by atoms with E-state index in [1.165, 1.54) is 238 Å². The predicted octanol–water partition coefficient (Wildman–Crippen LogP) is 16.9.